The van der Waals surface area contributed by atoms with Crippen LogP contribution in [0.25, 0.3) is 0 Å². The van der Waals surface area contributed by atoms with Gasteiger partial charge in [-0.05, 0) is 32.4 Å². The van der Waals surface area contributed by atoms with Crippen LogP contribution < -0.4 is 5.32 Å². The maximum atomic E-state index is 12.5. The van der Waals surface area contributed by atoms with Gasteiger partial charge in [0.1, 0.15) is 23.8 Å². The Kier molecular flexibility index (Phi) is 5.41. The third-order valence-electron chi connectivity index (χ3n) is 4.28. The molecule has 146 valence electrons. The summed E-state index contributed by atoms with van der Waals surface area (Å²) in [5.74, 6) is -0.309. The van der Waals surface area contributed by atoms with Gasteiger partial charge in [-0.2, -0.15) is 5.10 Å². The number of halogens is 1. The van der Waals surface area contributed by atoms with E-state index in [4.69, 9.17) is 11.6 Å². The van der Waals surface area contributed by atoms with Crippen molar-refractivity contribution in [1.29, 1.82) is 0 Å². The van der Waals surface area contributed by atoms with Gasteiger partial charge in [-0.1, -0.05) is 29.8 Å². The highest BCUT2D eigenvalue weighted by atomic mass is 35.5. The number of nitrogens with one attached hydrogen (secondary N) is 1. The van der Waals surface area contributed by atoms with Gasteiger partial charge >= 0.3 is 5.69 Å². The Morgan fingerprint density at radius 2 is 2.04 bits per heavy atom. The van der Waals surface area contributed by atoms with Crippen LogP contribution in [0.15, 0.2) is 30.6 Å². The molecule has 1 amide bonds. The van der Waals surface area contributed by atoms with E-state index in [1.54, 1.807) is 24.6 Å². The molecule has 1 unspecified atom stereocenters. The fourth-order valence-corrected chi connectivity index (χ4v) is 3.05. The summed E-state index contributed by atoms with van der Waals surface area (Å²) < 4.78 is 2.87. The highest BCUT2D eigenvalue weighted by molar-refractivity contribution is 6.31. The van der Waals surface area contributed by atoms with E-state index in [1.165, 1.54) is 17.9 Å². The molecule has 0 saturated carbocycles. The van der Waals surface area contributed by atoms with Crippen LogP contribution in [0, 0.1) is 24.0 Å². The molecule has 0 aliphatic heterocycles. The maximum Gasteiger partial charge on any atom is 0.312 e. The molecule has 2 heterocycles. The number of nitrogens with zero attached hydrogens (tertiary/aromatic N) is 6. The van der Waals surface area contributed by atoms with Crippen LogP contribution in [0.1, 0.15) is 29.9 Å². The zero-order chi connectivity index (χ0) is 20.4. The van der Waals surface area contributed by atoms with Crippen LogP contribution in [0.5, 0.6) is 0 Å². The molecule has 1 aromatic carbocycles. The predicted molar refractivity (Wildman–Crippen MR) is 102 cm³/mol. The minimum atomic E-state index is -0.775. The topological polar surface area (TPSA) is 121 Å². The Bertz CT molecular complexity index is 1040. The molecule has 0 spiro atoms. The third-order valence-corrected chi connectivity index (χ3v) is 4.65. The lowest BCUT2D eigenvalue weighted by Crippen LogP contribution is -2.26. The summed E-state index contributed by atoms with van der Waals surface area (Å²) in [4.78, 5) is 27.2. The van der Waals surface area contributed by atoms with Crippen molar-refractivity contribution in [3.05, 3.63) is 62.7 Å². The van der Waals surface area contributed by atoms with Crippen molar-refractivity contribution in [2.75, 3.05) is 5.32 Å². The quantitative estimate of drug-likeness (QED) is 0.499. The second kappa shape index (κ2) is 7.77. The van der Waals surface area contributed by atoms with E-state index in [1.807, 2.05) is 18.2 Å². The van der Waals surface area contributed by atoms with E-state index in [-0.39, 0.29) is 17.3 Å². The summed E-state index contributed by atoms with van der Waals surface area (Å²) in [6, 6.07) is 6.59. The molecule has 1 atom stereocenters. The van der Waals surface area contributed by atoms with Gasteiger partial charge < -0.3 is 0 Å². The molecule has 11 heteroatoms. The van der Waals surface area contributed by atoms with Gasteiger partial charge in [-0.25, -0.2) is 9.67 Å². The Balaban J connectivity index is 1.72. The summed E-state index contributed by atoms with van der Waals surface area (Å²) in [5.41, 5.74) is 1.34. The Labute approximate surface area is 165 Å². The number of nitro groups is 1. The highest BCUT2D eigenvalue weighted by Gasteiger charge is 2.27. The van der Waals surface area contributed by atoms with Gasteiger partial charge in [0.15, 0.2) is 0 Å². The first-order valence-corrected chi connectivity index (χ1v) is 8.79. The van der Waals surface area contributed by atoms with Crippen molar-refractivity contribution in [3.8, 4) is 0 Å². The highest BCUT2D eigenvalue weighted by Crippen LogP contribution is 2.25. The van der Waals surface area contributed by atoms with Gasteiger partial charge in [0.25, 0.3) is 5.91 Å². The van der Waals surface area contributed by atoms with Crippen LogP contribution in [0.3, 0.4) is 0 Å². The molecule has 1 N–H and O–H groups in total. The van der Waals surface area contributed by atoms with E-state index in [9.17, 15) is 14.9 Å². The van der Waals surface area contributed by atoms with E-state index >= 15 is 0 Å². The number of benzene rings is 1. The number of hydrogen-bond acceptors (Lipinski definition) is 6. The lowest BCUT2D eigenvalue weighted by Gasteiger charge is -2.12. The largest absolute Gasteiger partial charge is 0.312 e. The van der Waals surface area contributed by atoms with E-state index in [0.29, 0.717) is 17.3 Å². The molecule has 0 bridgehead atoms. The van der Waals surface area contributed by atoms with Crippen molar-refractivity contribution in [2.24, 2.45) is 0 Å². The zero-order valence-electron chi connectivity index (χ0n) is 15.5. The molecule has 0 radical (unpaired) electrons. The number of amides is 1. The number of anilines is 1. The van der Waals surface area contributed by atoms with Crippen molar-refractivity contribution in [2.45, 2.75) is 33.4 Å². The molecule has 2 aromatic heterocycles. The number of aryl methyl sites for hydroxylation is 1. The minimum absolute atomic E-state index is 0.0956. The summed E-state index contributed by atoms with van der Waals surface area (Å²) >= 11 is 6.14. The van der Waals surface area contributed by atoms with Crippen LogP contribution in [-0.2, 0) is 11.3 Å². The molecule has 0 aliphatic rings. The first-order chi connectivity index (χ1) is 13.3. The van der Waals surface area contributed by atoms with Crippen molar-refractivity contribution in [3.63, 3.8) is 0 Å². The van der Waals surface area contributed by atoms with Gasteiger partial charge in [0, 0.05) is 5.02 Å². The predicted octanol–water partition coefficient (Wildman–Crippen LogP) is 2.90. The van der Waals surface area contributed by atoms with Gasteiger partial charge in [0.05, 0.1) is 11.5 Å². The Hall–Kier alpha value is -3.27. The molecule has 3 rings (SSSR count). The van der Waals surface area contributed by atoms with Crippen LogP contribution >= 0.6 is 11.6 Å². The molecular formula is C17H18ClN7O3. The monoisotopic (exact) mass is 403 g/mol. The van der Waals surface area contributed by atoms with E-state index < -0.39 is 16.9 Å². The summed E-state index contributed by atoms with van der Waals surface area (Å²) in [6.45, 7) is 5.09. The summed E-state index contributed by atoms with van der Waals surface area (Å²) in [5, 5.41) is 22.7. The van der Waals surface area contributed by atoms with E-state index in [0.717, 1.165) is 5.56 Å². The number of aromatic nitrogens is 5. The smallest absolute Gasteiger partial charge is 0.291 e. The Morgan fingerprint density at radius 3 is 2.68 bits per heavy atom. The SMILES string of the molecule is Cc1nn(C(C)C(=O)Nc2ncn(Cc3ccccc3Cl)n2)c(C)c1[N+](=O)[O-]. The molecular weight excluding hydrogens is 386 g/mol. The number of carbonyl (C=O) groups is 1. The van der Waals surface area contributed by atoms with Crippen molar-refractivity contribution in [1.82, 2.24) is 24.5 Å². The number of hydrogen-bond donors (Lipinski definition) is 1. The molecule has 28 heavy (non-hydrogen) atoms. The maximum absolute atomic E-state index is 12.5. The average Bonchev–Trinajstić information content (AvgIpc) is 3.19. The standard InChI is InChI=1S/C17H18ClN7O3/c1-10-15(25(27)28)11(2)24(21-10)12(3)16(26)20-17-19-9-23(22-17)8-13-6-4-5-7-14(13)18/h4-7,9,12H,8H2,1-3H3,(H,20,22,26). The first-order valence-electron chi connectivity index (χ1n) is 8.41. The molecule has 0 saturated heterocycles. The van der Waals surface area contributed by atoms with Gasteiger partial charge in [-0.3, -0.25) is 24.9 Å². The normalized spacial score (nSPS) is 12.0. The van der Waals surface area contributed by atoms with Crippen molar-refractivity contribution < 1.29 is 9.72 Å². The van der Waals surface area contributed by atoms with Gasteiger partial charge in [-0.15, -0.1) is 5.10 Å². The lowest BCUT2D eigenvalue weighted by molar-refractivity contribution is -0.386. The number of rotatable bonds is 6. The van der Waals surface area contributed by atoms with Gasteiger partial charge in [0.2, 0.25) is 5.95 Å². The van der Waals surface area contributed by atoms with Crippen LogP contribution in [0.4, 0.5) is 11.6 Å². The second-order valence-corrected chi connectivity index (χ2v) is 6.65. The molecule has 0 fully saturated rings. The molecule has 10 nitrogen and oxygen atoms in total. The summed E-state index contributed by atoms with van der Waals surface area (Å²) in [6.07, 6.45) is 1.48. The van der Waals surface area contributed by atoms with E-state index in [2.05, 4.69) is 20.5 Å². The fraction of sp³-hybridized carbons (Fsp3) is 0.294. The fourth-order valence-electron chi connectivity index (χ4n) is 2.85. The van der Waals surface area contributed by atoms with Crippen LogP contribution in [0.2, 0.25) is 5.02 Å². The first kappa shape index (κ1) is 19.5. The zero-order valence-corrected chi connectivity index (χ0v) is 16.2. The van der Waals surface area contributed by atoms with Crippen molar-refractivity contribution >= 4 is 29.1 Å². The summed E-state index contributed by atoms with van der Waals surface area (Å²) in [7, 11) is 0. The number of carbonyl (C=O) groups excluding carboxylic acids is 1. The second-order valence-electron chi connectivity index (χ2n) is 6.24. The Morgan fingerprint density at radius 1 is 1.32 bits per heavy atom. The molecule has 0 aliphatic carbocycles. The third kappa shape index (κ3) is 3.86. The molecule has 3 aromatic rings. The van der Waals surface area contributed by atoms with Crippen LogP contribution in [-0.4, -0.2) is 35.4 Å². The lowest BCUT2D eigenvalue weighted by atomic mass is 10.2. The minimum Gasteiger partial charge on any atom is -0.291 e. The average molecular weight is 404 g/mol.